The van der Waals surface area contributed by atoms with Crippen LogP contribution in [0.5, 0.6) is 0 Å². The summed E-state index contributed by atoms with van der Waals surface area (Å²) in [7, 11) is 0. The second kappa shape index (κ2) is 8.11. The fraction of sp³-hybridized carbons (Fsp3) is 0.600. The summed E-state index contributed by atoms with van der Waals surface area (Å²) in [6, 6.07) is 9.49. The lowest BCUT2D eigenvalue weighted by atomic mass is 9.78. The number of rotatable bonds is 5. The topological polar surface area (TPSA) is 77.8 Å². The lowest BCUT2D eigenvalue weighted by molar-refractivity contribution is -0.151. The molecule has 2 N–H and O–H groups in total. The average molecular weight is 345 g/mol. The molecule has 136 valence electrons. The summed E-state index contributed by atoms with van der Waals surface area (Å²) >= 11 is 0. The van der Waals surface area contributed by atoms with E-state index in [1.807, 2.05) is 30.3 Å². The van der Waals surface area contributed by atoms with E-state index in [2.05, 4.69) is 0 Å². The van der Waals surface area contributed by atoms with E-state index >= 15 is 0 Å². The number of carbonyl (C=O) groups excluding carboxylic acids is 2. The number of likely N-dealkylation sites (tertiary alicyclic amines) is 1. The number of aliphatic hydroxyl groups is 2. The van der Waals surface area contributed by atoms with Crippen molar-refractivity contribution in [1.29, 1.82) is 0 Å². The molecule has 1 aromatic rings. The Hall–Kier alpha value is -1.72. The van der Waals surface area contributed by atoms with Crippen molar-refractivity contribution in [1.82, 2.24) is 4.90 Å². The highest BCUT2D eigenvalue weighted by Crippen LogP contribution is 2.32. The van der Waals surface area contributed by atoms with Gasteiger partial charge in [0.25, 0.3) is 0 Å². The van der Waals surface area contributed by atoms with Gasteiger partial charge >= 0.3 is 0 Å². The van der Waals surface area contributed by atoms with E-state index in [1.54, 1.807) is 0 Å². The van der Waals surface area contributed by atoms with Crippen LogP contribution in [0, 0.1) is 11.8 Å². The molecular formula is C20H27NO4. The van der Waals surface area contributed by atoms with Crippen LogP contribution in [0.2, 0.25) is 0 Å². The normalized spacial score (nSPS) is 26.7. The average Bonchev–Trinajstić information content (AvgIpc) is 2.59. The van der Waals surface area contributed by atoms with Crippen LogP contribution in [0.1, 0.15) is 50.5 Å². The highest BCUT2D eigenvalue weighted by atomic mass is 16.3. The number of hydrogen-bond donors (Lipinski definition) is 2. The van der Waals surface area contributed by atoms with Crippen molar-refractivity contribution in [2.24, 2.45) is 11.8 Å². The molecule has 2 aliphatic rings. The molecule has 3 atom stereocenters. The van der Waals surface area contributed by atoms with Gasteiger partial charge in [-0.2, -0.15) is 0 Å². The quantitative estimate of drug-likeness (QED) is 0.803. The second-order valence-corrected chi connectivity index (χ2v) is 7.45. The monoisotopic (exact) mass is 345 g/mol. The molecule has 25 heavy (non-hydrogen) atoms. The van der Waals surface area contributed by atoms with Crippen molar-refractivity contribution < 1.29 is 19.8 Å². The van der Waals surface area contributed by atoms with Crippen molar-refractivity contribution in [2.75, 3.05) is 0 Å². The minimum absolute atomic E-state index is 0.124. The van der Waals surface area contributed by atoms with E-state index in [0.29, 0.717) is 25.8 Å². The third-order valence-corrected chi connectivity index (χ3v) is 5.56. The lowest BCUT2D eigenvalue weighted by Gasteiger charge is -2.35. The zero-order valence-corrected chi connectivity index (χ0v) is 14.5. The van der Waals surface area contributed by atoms with Crippen LogP contribution in [0.25, 0.3) is 0 Å². The van der Waals surface area contributed by atoms with Crippen molar-refractivity contribution in [3.8, 4) is 0 Å². The Morgan fingerprint density at radius 2 is 1.68 bits per heavy atom. The Bertz CT molecular complexity index is 585. The first-order valence-electron chi connectivity index (χ1n) is 9.28. The maximum Gasteiger partial charge on any atom is 0.229 e. The molecule has 1 aromatic carbocycles. The van der Waals surface area contributed by atoms with E-state index in [9.17, 15) is 19.8 Å². The van der Waals surface area contributed by atoms with Gasteiger partial charge in [0.05, 0.1) is 18.8 Å². The summed E-state index contributed by atoms with van der Waals surface area (Å²) in [5.41, 5.74) is 0.938. The van der Waals surface area contributed by atoms with E-state index in [0.717, 1.165) is 31.2 Å². The number of nitrogens with zero attached hydrogens (tertiary/aromatic N) is 1. The van der Waals surface area contributed by atoms with Crippen LogP contribution >= 0.6 is 0 Å². The number of amides is 2. The molecule has 1 saturated carbocycles. The van der Waals surface area contributed by atoms with Crippen LogP contribution in [0.3, 0.4) is 0 Å². The number of carbonyl (C=O) groups is 2. The molecule has 0 aromatic heterocycles. The molecule has 1 aliphatic heterocycles. The molecule has 2 fully saturated rings. The van der Waals surface area contributed by atoms with Gasteiger partial charge in [0.2, 0.25) is 11.8 Å². The van der Waals surface area contributed by atoms with Gasteiger partial charge in [-0.15, -0.1) is 0 Å². The van der Waals surface area contributed by atoms with Crippen LogP contribution in [0.15, 0.2) is 30.3 Å². The van der Waals surface area contributed by atoms with Gasteiger partial charge < -0.3 is 10.2 Å². The zero-order chi connectivity index (χ0) is 17.8. The second-order valence-electron chi connectivity index (χ2n) is 7.45. The Morgan fingerprint density at radius 1 is 1.04 bits per heavy atom. The summed E-state index contributed by atoms with van der Waals surface area (Å²) in [5.74, 6) is -0.583. The molecule has 2 amide bonds. The van der Waals surface area contributed by atoms with E-state index in [4.69, 9.17) is 0 Å². The maximum absolute atomic E-state index is 12.4. The van der Waals surface area contributed by atoms with Gasteiger partial charge in [-0.1, -0.05) is 43.2 Å². The van der Waals surface area contributed by atoms with Crippen molar-refractivity contribution in [3.63, 3.8) is 0 Å². The summed E-state index contributed by atoms with van der Waals surface area (Å²) in [5, 5.41) is 20.6. The first-order chi connectivity index (χ1) is 12.0. The van der Waals surface area contributed by atoms with Gasteiger partial charge in [0, 0.05) is 18.8 Å². The van der Waals surface area contributed by atoms with Crippen molar-refractivity contribution >= 4 is 11.8 Å². The molecule has 1 saturated heterocycles. The Morgan fingerprint density at radius 3 is 2.32 bits per heavy atom. The molecule has 3 rings (SSSR count). The fourth-order valence-corrected chi connectivity index (χ4v) is 4.14. The summed E-state index contributed by atoms with van der Waals surface area (Å²) in [6.07, 6.45) is 3.46. The summed E-state index contributed by atoms with van der Waals surface area (Å²) in [4.78, 5) is 26.2. The first kappa shape index (κ1) is 18.1. The van der Waals surface area contributed by atoms with E-state index < -0.39 is 12.2 Å². The molecule has 0 bridgehead atoms. The smallest absolute Gasteiger partial charge is 0.229 e. The predicted molar refractivity (Wildman–Crippen MR) is 93.3 cm³/mol. The van der Waals surface area contributed by atoms with Gasteiger partial charge in [-0.05, 0) is 30.7 Å². The van der Waals surface area contributed by atoms with Crippen LogP contribution in [-0.2, 0) is 16.1 Å². The molecule has 1 aliphatic carbocycles. The predicted octanol–water partition coefficient (Wildman–Crippen LogP) is 2.25. The molecule has 5 heteroatoms. The minimum atomic E-state index is -0.637. The van der Waals surface area contributed by atoms with Gasteiger partial charge in [-0.25, -0.2) is 0 Å². The molecule has 3 unspecified atom stereocenters. The summed E-state index contributed by atoms with van der Waals surface area (Å²) < 4.78 is 0. The first-order valence-corrected chi connectivity index (χ1v) is 9.28. The maximum atomic E-state index is 12.4. The van der Waals surface area contributed by atoms with Gasteiger partial charge in [0.1, 0.15) is 0 Å². The standard InChI is InChI=1S/C20H27NO4/c22-17-9-5-4-8-16(17)18(23)10-15-11-19(24)21(20(25)12-15)13-14-6-2-1-3-7-14/h1-3,6-7,15-18,22-23H,4-5,8-13H2. The van der Waals surface area contributed by atoms with Crippen molar-refractivity contribution in [3.05, 3.63) is 35.9 Å². The lowest BCUT2D eigenvalue weighted by Crippen LogP contribution is -2.44. The number of imide groups is 1. The Balaban J connectivity index is 1.56. The molecule has 0 radical (unpaired) electrons. The molecule has 5 nitrogen and oxygen atoms in total. The highest BCUT2D eigenvalue weighted by Gasteiger charge is 2.36. The number of benzene rings is 1. The molecule has 1 heterocycles. The van der Waals surface area contributed by atoms with Crippen LogP contribution in [-0.4, -0.2) is 39.1 Å². The van der Waals surface area contributed by atoms with Gasteiger partial charge in [-0.3, -0.25) is 14.5 Å². The largest absolute Gasteiger partial charge is 0.393 e. The SMILES string of the molecule is O=C1CC(CC(O)C2CCCCC2O)CC(=O)N1Cc1ccccc1. The Kier molecular flexibility index (Phi) is 5.86. The Labute approximate surface area is 148 Å². The van der Waals surface area contributed by atoms with E-state index in [1.165, 1.54) is 4.90 Å². The van der Waals surface area contributed by atoms with Crippen LogP contribution in [0.4, 0.5) is 0 Å². The number of aliphatic hydroxyl groups excluding tert-OH is 2. The van der Waals surface area contributed by atoms with E-state index in [-0.39, 0.29) is 23.7 Å². The zero-order valence-electron chi connectivity index (χ0n) is 14.5. The number of piperidine rings is 1. The third kappa shape index (κ3) is 4.47. The third-order valence-electron chi connectivity index (χ3n) is 5.56. The minimum Gasteiger partial charge on any atom is -0.393 e. The van der Waals surface area contributed by atoms with Crippen LogP contribution < -0.4 is 0 Å². The molecule has 0 spiro atoms. The fourth-order valence-electron chi connectivity index (χ4n) is 4.14. The summed E-state index contributed by atoms with van der Waals surface area (Å²) in [6.45, 7) is 0.315. The molecular weight excluding hydrogens is 318 g/mol. The number of hydrogen-bond acceptors (Lipinski definition) is 4. The van der Waals surface area contributed by atoms with Crippen molar-refractivity contribution in [2.45, 2.75) is 63.7 Å². The van der Waals surface area contributed by atoms with Gasteiger partial charge in [0.15, 0.2) is 0 Å². The highest BCUT2D eigenvalue weighted by molar-refractivity contribution is 5.97.